The number of rotatable bonds is 7. The molecule has 0 saturated carbocycles. The molecule has 0 radical (unpaired) electrons. The van der Waals surface area contributed by atoms with Crippen molar-refractivity contribution in [2.24, 2.45) is 0 Å². The van der Waals surface area contributed by atoms with Gasteiger partial charge in [-0.3, -0.25) is 14.4 Å². The summed E-state index contributed by atoms with van der Waals surface area (Å²) in [7, 11) is 1.34. The molecule has 3 aromatic carbocycles. The van der Waals surface area contributed by atoms with Crippen LogP contribution in [0.3, 0.4) is 0 Å². The number of benzene rings is 3. The second-order valence-electron chi connectivity index (χ2n) is 12.8. The first-order valence-corrected chi connectivity index (χ1v) is 16.5. The monoisotopic (exact) mass is 739 g/mol. The lowest BCUT2D eigenvalue weighted by molar-refractivity contribution is -0.249. The predicted octanol–water partition coefficient (Wildman–Crippen LogP) is 3.35. The summed E-state index contributed by atoms with van der Waals surface area (Å²) in [5.74, 6) is -2.00. The van der Waals surface area contributed by atoms with Gasteiger partial charge < -0.3 is 49.4 Å². The largest absolute Gasteiger partial charge is 0.507 e. The number of ketones is 3. The zero-order chi connectivity index (χ0) is 34.9. The highest BCUT2D eigenvalue weighted by Gasteiger charge is 2.49. The van der Waals surface area contributed by atoms with Crippen LogP contribution in [0.2, 0.25) is 0 Å². The number of fused-ring (bicyclic) bond motifs is 4. The molecule has 258 valence electrons. The van der Waals surface area contributed by atoms with E-state index in [1.165, 1.54) is 32.2 Å². The molecule has 6 atom stereocenters. The van der Waals surface area contributed by atoms with Crippen molar-refractivity contribution in [2.75, 3.05) is 13.9 Å². The topological polar surface area (TPSA) is 190 Å². The lowest BCUT2D eigenvalue weighted by atomic mass is 9.72. The molecule has 2 heterocycles. The van der Waals surface area contributed by atoms with Gasteiger partial charge in [0.1, 0.15) is 22.8 Å². The molecule has 0 amide bonds. The van der Waals surface area contributed by atoms with E-state index in [0.717, 1.165) is 10.0 Å². The number of aliphatic hydroxyl groups is 2. The van der Waals surface area contributed by atoms with E-state index >= 15 is 0 Å². The van der Waals surface area contributed by atoms with Crippen LogP contribution in [-0.2, 0) is 27.2 Å². The maximum atomic E-state index is 13.9. The number of hydrogen-bond acceptors (Lipinski definition) is 13. The highest BCUT2D eigenvalue weighted by molar-refractivity contribution is 9.10. The van der Waals surface area contributed by atoms with Gasteiger partial charge in [0.2, 0.25) is 12.6 Å². The van der Waals surface area contributed by atoms with Crippen molar-refractivity contribution in [3.63, 3.8) is 0 Å². The van der Waals surface area contributed by atoms with E-state index in [2.05, 4.69) is 21.2 Å². The van der Waals surface area contributed by atoms with Gasteiger partial charge >= 0.3 is 0 Å². The van der Waals surface area contributed by atoms with Crippen LogP contribution in [0.1, 0.15) is 81.3 Å². The molecule has 0 bridgehead atoms. The van der Waals surface area contributed by atoms with E-state index in [9.17, 15) is 34.8 Å². The first-order chi connectivity index (χ1) is 23.3. The summed E-state index contributed by atoms with van der Waals surface area (Å²) in [6, 6.07) is 7.54. The van der Waals surface area contributed by atoms with Crippen molar-refractivity contribution < 1.29 is 58.5 Å². The van der Waals surface area contributed by atoms with Crippen LogP contribution in [-0.4, -0.2) is 81.8 Å². The Morgan fingerprint density at radius 1 is 1.08 bits per heavy atom. The summed E-state index contributed by atoms with van der Waals surface area (Å²) in [6.45, 7) is 3.31. The summed E-state index contributed by atoms with van der Waals surface area (Å²) in [5.41, 5.74) is -2.27. The molecule has 2 aliphatic heterocycles. The molecule has 4 aliphatic rings. The van der Waals surface area contributed by atoms with Gasteiger partial charge in [-0.15, -0.1) is 0 Å². The highest BCUT2D eigenvalue weighted by Crippen LogP contribution is 2.52. The van der Waals surface area contributed by atoms with Gasteiger partial charge in [0.05, 0.1) is 42.1 Å². The first-order valence-electron chi connectivity index (χ1n) is 15.7. The van der Waals surface area contributed by atoms with Gasteiger partial charge in [-0.25, -0.2) is 0 Å². The molecular formula is C35H34BrNO12. The van der Waals surface area contributed by atoms with Crippen molar-refractivity contribution >= 4 is 33.3 Å². The van der Waals surface area contributed by atoms with Crippen molar-refractivity contribution in [3.8, 4) is 28.7 Å². The number of halogens is 1. The fraction of sp³-hybridized carbons (Fsp3) is 0.400. The molecule has 3 aromatic rings. The molecule has 14 heteroatoms. The zero-order valence-corrected chi connectivity index (χ0v) is 28.3. The number of carbonyl (C=O) groups is 3. The minimum Gasteiger partial charge on any atom is -0.507 e. The van der Waals surface area contributed by atoms with Gasteiger partial charge in [-0.05, 0) is 37.6 Å². The number of carbonyl (C=O) groups excluding carboxylic acids is 3. The third-order valence-electron chi connectivity index (χ3n) is 9.85. The van der Waals surface area contributed by atoms with Crippen LogP contribution in [0.5, 0.6) is 28.7 Å². The van der Waals surface area contributed by atoms with Gasteiger partial charge in [-0.2, -0.15) is 0 Å². The summed E-state index contributed by atoms with van der Waals surface area (Å²) in [5, 5.41) is 49.2. The fourth-order valence-corrected chi connectivity index (χ4v) is 7.63. The van der Waals surface area contributed by atoms with Crippen LogP contribution in [0, 0.1) is 0 Å². The number of aliphatic hydroxyl groups excluding tert-OH is 1. The third kappa shape index (κ3) is 5.47. The van der Waals surface area contributed by atoms with E-state index in [4.69, 9.17) is 23.7 Å². The Morgan fingerprint density at radius 3 is 2.51 bits per heavy atom. The lowest BCUT2D eigenvalue weighted by Gasteiger charge is -2.43. The molecule has 1 saturated heterocycles. The fourth-order valence-electron chi connectivity index (χ4n) is 7.16. The van der Waals surface area contributed by atoms with Crippen LogP contribution in [0.4, 0.5) is 0 Å². The van der Waals surface area contributed by atoms with Gasteiger partial charge in [0.25, 0.3) is 0 Å². The third-order valence-corrected chi connectivity index (χ3v) is 10.6. The standard InChI is InChI=1S/C35H34BrNO12/c1-14-30(39)20(37-12-16-7-22-23(8-19(16)36)47-13-46-22)9-25(48-14)49-24-11-35(44,15(2)38)10-18-27(24)34(43)29-28(32(18)41)31(40)17-5-4-6-21(45-3)26(17)33(29)42/h4-8,14,20,24-25,30,37,39,41,43-44H,9-13H2,1-3H3/t14-,20-,24-,25-,30+,35-/m0/s1. The van der Waals surface area contributed by atoms with E-state index in [0.29, 0.717) is 18.0 Å². The summed E-state index contributed by atoms with van der Waals surface area (Å²) in [6.07, 6.45) is -4.64. The Bertz CT molecular complexity index is 1910. The normalized spacial score (nSPS) is 26.9. The Kier molecular flexibility index (Phi) is 8.45. The maximum absolute atomic E-state index is 13.9. The average Bonchev–Trinajstić information content (AvgIpc) is 3.52. The molecule has 0 unspecified atom stereocenters. The van der Waals surface area contributed by atoms with Crippen LogP contribution >= 0.6 is 15.9 Å². The maximum Gasteiger partial charge on any atom is 0.231 e. The van der Waals surface area contributed by atoms with E-state index in [1.54, 1.807) is 13.0 Å². The molecule has 2 aliphatic carbocycles. The predicted molar refractivity (Wildman–Crippen MR) is 173 cm³/mol. The summed E-state index contributed by atoms with van der Waals surface area (Å²) in [4.78, 5) is 40.4. The van der Waals surface area contributed by atoms with Crippen molar-refractivity contribution in [3.05, 3.63) is 73.7 Å². The molecular weight excluding hydrogens is 706 g/mol. The van der Waals surface area contributed by atoms with Gasteiger partial charge in [-0.1, -0.05) is 28.1 Å². The molecule has 5 N–H and O–H groups in total. The molecule has 13 nitrogen and oxygen atoms in total. The smallest absolute Gasteiger partial charge is 0.231 e. The average molecular weight is 741 g/mol. The number of ether oxygens (including phenoxy) is 5. The summed E-state index contributed by atoms with van der Waals surface area (Å²) < 4.78 is 29.4. The Labute approximate surface area is 288 Å². The van der Waals surface area contributed by atoms with Gasteiger partial charge in [0.15, 0.2) is 29.4 Å². The van der Waals surface area contributed by atoms with Crippen LogP contribution < -0.4 is 19.5 Å². The number of hydrogen-bond donors (Lipinski definition) is 5. The number of nitrogens with one attached hydrogen (secondary N) is 1. The number of methoxy groups -OCH3 is 1. The van der Waals surface area contributed by atoms with E-state index < -0.39 is 82.6 Å². The van der Waals surface area contributed by atoms with Crippen LogP contribution in [0.25, 0.3) is 0 Å². The molecule has 49 heavy (non-hydrogen) atoms. The minimum atomic E-state index is -2.04. The quantitative estimate of drug-likeness (QED) is 0.174. The molecule has 0 spiro atoms. The number of phenols is 2. The number of Topliss-reactive ketones (excluding diaryl/α,β-unsaturated/α-hetero) is 1. The first kappa shape index (κ1) is 33.4. The van der Waals surface area contributed by atoms with Crippen molar-refractivity contribution in [1.82, 2.24) is 5.32 Å². The van der Waals surface area contributed by atoms with E-state index in [-0.39, 0.29) is 47.6 Å². The second kappa shape index (κ2) is 12.4. The lowest BCUT2D eigenvalue weighted by Crippen LogP contribution is -2.54. The number of aromatic hydroxyl groups is 2. The Hall–Kier alpha value is -4.05. The Balaban J connectivity index is 1.23. The van der Waals surface area contributed by atoms with Crippen molar-refractivity contribution in [2.45, 2.75) is 75.9 Å². The van der Waals surface area contributed by atoms with Crippen molar-refractivity contribution in [1.29, 1.82) is 0 Å². The summed E-state index contributed by atoms with van der Waals surface area (Å²) >= 11 is 3.55. The Morgan fingerprint density at radius 2 is 1.80 bits per heavy atom. The van der Waals surface area contributed by atoms with E-state index in [1.807, 2.05) is 6.07 Å². The van der Waals surface area contributed by atoms with Gasteiger partial charge in [0, 0.05) is 53.0 Å². The number of phenolic OH excluding ortho intramolecular Hbond substituents is 2. The SMILES string of the molecule is COc1cccc2c1C(=O)c1c(O)c3c(c(O)c1C2=O)C[C@@](O)(C(C)=O)C[C@@H]3O[C@H]1C[C@H](NCc2cc3c(cc2Br)OCO3)[C@H](O)[C@H](C)O1. The molecule has 0 aromatic heterocycles. The molecule has 1 fully saturated rings. The van der Waals surface area contributed by atoms with Crippen LogP contribution in [0.15, 0.2) is 34.8 Å². The highest BCUT2D eigenvalue weighted by atomic mass is 79.9. The second-order valence-corrected chi connectivity index (χ2v) is 13.6. The zero-order valence-electron chi connectivity index (χ0n) is 26.7. The minimum absolute atomic E-state index is 0.0218. The molecule has 7 rings (SSSR count).